The number of amides is 1. The Kier molecular flexibility index (Phi) is 7.03. The van der Waals surface area contributed by atoms with E-state index in [9.17, 15) is 9.59 Å². The standard InChI is InChI=1S/C20H30N2O4/c1-5-25-18(23)16-14-22(13-15-9-7-6-8-10-15)12-11-17(16)21-19(24)26-20(2,3)4/h6-10,16-17H,5,11-14H2,1-4H3,(H,21,24)/t16-,17+/m0/s1. The van der Waals surface area contributed by atoms with Crippen molar-refractivity contribution in [1.29, 1.82) is 0 Å². The molecule has 2 atom stereocenters. The molecule has 0 aliphatic carbocycles. The van der Waals surface area contributed by atoms with E-state index < -0.39 is 17.6 Å². The van der Waals surface area contributed by atoms with Crippen molar-refractivity contribution < 1.29 is 19.1 Å². The summed E-state index contributed by atoms with van der Waals surface area (Å²) in [7, 11) is 0. The fraction of sp³-hybridized carbons (Fsp3) is 0.600. The van der Waals surface area contributed by atoms with E-state index in [-0.39, 0.29) is 12.0 Å². The molecule has 1 aliphatic rings. The fourth-order valence-electron chi connectivity index (χ4n) is 3.12. The molecule has 1 N–H and O–H groups in total. The van der Waals surface area contributed by atoms with Crippen LogP contribution in [0.25, 0.3) is 0 Å². The smallest absolute Gasteiger partial charge is 0.407 e. The van der Waals surface area contributed by atoms with Crippen LogP contribution in [0.15, 0.2) is 30.3 Å². The van der Waals surface area contributed by atoms with Crippen molar-refractivity contribution >= 4 is 12.1 Å². The largest absolute Gasteiger partial charge is 0.466 e. The molecule has 1 aromatic carbocycles. The highest BCUT2D eigenvalue weighted by Gasteiger charge is 2.37. The normalized spacial score (nSPS) is 21.1. The fourth-order valence-corrected chi connectivity index (χ4v) is 3.12. The number of nitrogens with zero attached hydrogens (tertiary/aromatic N) is 1. The molecule has 2 rings (SSSR count). The maximum atomic E-state index is 12.4. The summed E-state index contributed by atoms with van der Waals surface area (Å²) in [5.41, 5.74) is 0.631. The van der Waals surface area contributed by atoms with Gasteiger partial charge in [-0.2, -0.15) is 0 Å². The summed E-state index contributed by atoms with van der Waals surface area (Å²) >= 11 is 0. The Hall–Kier alpha value is -2.08. The first-order chi connectivity index (χ1) is 12.3. The second-order valence-electron chi connectivity index (χ2n) is 7.62. The number of alkyl carbamates (subject to hydrolysis) is 1. The van der Waals surface area contributed by atoms with Gasteiger partial charge in [0.15, 0.2) is 0 Å². The molecule has 1 heterocycles. The van der Waals surface area contributed by atoms with Crippen LogP contribution in [0.2, 0.25) is 0 Å². The number of esters is 1. The maximum absolute atomic E-state index is 12.4. The topological polar surface area (TPSA) is 67.9 Å². The zero-order chi connectivity index (χ0) is 19.2. The van der Waals surface area contributed by atoms with Gasteiger partial charge in [0.2, 0.25) is 0 Å². The maximum Gasteiger partial charge on any atom is 0.407 e. The van der Waals surface area contributed by atoms with E-state index in [1.165, 1.54) is 5.56 Å². The van der Waals surface area contributed by atoms with Crippen molar-refractivity contribution in [1.82, 2.24) is 10.2 Å². The van der Waals surface area contributed by atoms with Gasteiger partial charge in [-0.25, -0.2) is 4.79 Å². The molecule has 6 heteroatoms. The lowest BCUT2D eigenvalue weighted by Crippen LogP contribution is -2.54. The minimum atomic E-state index is -0.572. The highest BCUT2D eigenvalue weighted by molar-refractivity contribution is 5.75. The van der Waals surface area contributed by atoms with Gasteiger partial charge in [-0.05, 0) is 39.7 Å². The minimum absolute atomic E-state index is 0.272. The third kappa shape index (κ3) is 6.33. The van der Waals surface area contributed by atoms with Crippen LogP contribution in [0.1, 0.15) is 39.7 Å². The Morgan fingerprint density at radius 3 is 2.54 bits per heavy atom. The SMILES string of the molecule is CCOC(=O)[C@H]1CN(Cc2ccccc2)CC[C@H]1NC(=O)OC(C)(C)C. The first-order valence-electron chi connectivity index (χ1n) is 9.21. The number of piperidine rings is 1. The quantitative estimate of drug-likeness (QED) is 0.816. The van der Waals surface area contributed by atoms with Gasteiger partial charge in [0.05, 0.1) is 12.5 Å². The van der Waals surface area contributed by atoms with E-state index >= 15 is 0 Å². The summed E-state index contributed by atoms with van der Waals surface area (Å²) in [6.07, 6.45) is 0.184. The number of rotatable bonds is 5. The summed E-state index contributed by atoms with van der Waals surface area (Å²) in [6.45, 7) is 9.69. The Morgan fingerprint density at radius 2 is 1.92 bits per heavy atom. The molecule has 1 fully saturated rings. The van der Waals surface area contributed by atoms with Gasteiger partial charge >= 0.3 is 12.1 Å². The molecule has 0 unspecified atom stereocenters. The first kappa shape index (κ1) is 20.2. The number of likely N-dealkylation sites (tertiary alicyclic amines) is 1. The van der Waals surface area contributed by atoms with Crippen molar-refractivity contribution in [2.24, 2.45) is 5.92 Å². The van der Waals surface area contributed by atoms with Crippen LogP contribution in [-0.2, 0) is 20.8 Å². The lowest BCUT2D eigenvalue weighted by atomic mass is 9.91. The Labute approximate surface area is 155 Å². The average molecular weight is 362 g/mol. The van der Waals surface area contributed by atoms with E-state index in [1.54, 1.807) is 6.92 Å². The number of carbonyl (C=O) groups is 2. The minimum Gasteiger partial charge on any atom is -0.466 e. The van der Waals surface area contributed by atoms with E-state index in [0.29, 0.717) is 19.6 Å². The Morgan fingerprint density at radius 1 is 1.23 bits per heavy atom. The zero-order valence-electron chi connectivity index (χ0n) is 16.2. The number of hydrogen-bond donors (Lipinski definition) is 1. The molecule has 1 amide bonds. The Bertz CT molecular complexity index is 598. The first-order valence-corrected chi connectivity index (χ1v) is 9.21. The van der Waals surface area contributed by atoms with Crippen molar-refractivity contribution in [2.45, 2.75) is 52.3 Å². The third-order valence-electron chi connectivity index (χ3n) is 4.24. The van der Waals surface area contributed by atoms with Crippen molar-refractivity contribution in [3.05, 3.63) is 35.9 Å². The molecular weight excluding hydrogens is 332 g/mol. The van der Waals surface area contributed by atoms with Crippen LogP contribution in [0.3, 0.4) is 0 Å². The second kappa shape index (κ2) is 9.03. The number of ether oxygens (including phenoxy) is 2. The van der Waals surface area contributed by atoms with E-state index in [2.05, 4.69) is 22.3 Å². The lowest BCUT2D eigenvalue weighted by molar-refractivity contribution is -0.151. The van der Waals surface area contributed by atoms with Crippen LogP contribution < -0.4 is 5.32 Å². The van der Waals surface area contributed by atoms with Crippen LogP contribution in [0, 0.1) is 5.92 Å². The average Bonchev–Trinajstić information content (AvgIpc) is 2.55. The monoisotopic (exact) mass is 362 g/mol. The molecule has 0 saturated carbocycles. The number of hydrogen-bond acceptors (Lipinski definition) is 5. The summed E-state index contributed by atoms with van der Waals surface area (Å²) in [4.78, 5) is 26.8. The van der Waals surface area contributed by atoms with Gasteiger partial charge in [-0.1, -0.05) is 30.3 Å². The third-order valence-corrected chi connectivity index (χ3v) is 4.24. The second-order valence-corrected chi connectivity index (χ2v) is 7.62. The van der Waals surface area contributed by atoms with Gasteiger partial charge in [0.1, 0.15) is 5.60 Å². The van der Waals surface area contributed by atoms with Crippen molar-refractivity contribution in [3.8, 4) is 0 Å². The van der Waals surface area contributed by atoms with Gasteiger partial charge in [0, 0.05) is 25.7 Å². The number of benzene rings is 1. The van der Waals surface area contributed by atoms with Crippen molar-refractivity contribution in [2.75, 3.05) is 19.7 Å². The predicted octanol–water partition coefficient (Wildman–Crippen LogP) is 2.96. The van der Waals surface area contributed by atoms with E-state index in [1.807, 2.05) is 39.0 Å². The molecule has 0 aromatic heterocycles. The summed E-state index contributed by atoms with van der Waals surface area (Å²) < 4.78 is 10.6. The van der Waals surface area contributed by atoms with Gasteiger partial charge in [0.25, 0.3) is 0 Å². The van der Waals surface area contributed by atoms with Crippen LogP contribution in [0.4, 0.5) is 4.79 Å². The molecule has 1 saturated heterocycles. The molecule has 0 radical (unpaired) electrons. The summed E-state index contributed by atoms with van der Waals surface area (Å²) in [5, 5.41) is 2.86. The van der Waals surface area contributed by atoms with Gasteiger partial charge in [-0.3, -0.25) is 9.69 Å². The molecular formula is C20H30N2O4. The highest BCUT2D eigenvalue weighted by Crippen LogP contribution is 2.21. The van der Waals surface area contributed by atoms with Crippen LogP contribution >= 0.6 is 0 Å². The number of nitrogens with one attached hydrogen (secondary N) is 1. The van der Waals surface area contributed by atoms with E-state index in [4.69, 9.17) is 9.47 Å². The molecule has 6 nitrogen and oxygen atoms in total. The number of carbonyl (C=O) groups excluding carboxylic acids is 2. The molecule has 0 bridgehead atoms. The molecule has 144 valence electrons. The lowest BCUT2D eigenvalue weighted by Gasteiger charge is -2.37. The summed E-state index contributed by atoms with van der Waals surface area (Å²) in [5.74, 6) is -0.675. The van der Waals surface area contributed by atoms with Crippen molar-refractivity contribution in [3.63, 3.8) is 0 Å². The molecule has 26 heavy (non-hydrogen) atoms. The Balaban J connectivity index is 2.02. The molecule has 1 aromatic rings. The van der Waals surface area contributed by atoms with Gasteiger partial charge in [-0.15, -0.1) is 0 Å². The highest BCUT2D eigenvalue weighted by atomic mass is 16.6. The van der Waals surface area contributed by atoms with Gasteiger partial charge < -0.3 is 14.8 Å². The van der Waals surface area contributed by atoms with Crippen LogP contribution in [0.5, 0.6) is 0 Å². The van der Waals surface area contributed by atoms with Crippen LogP contribution in [-0.4, -0.2) is 48.3 Å². The molecule has 0 spiro atoms. The zero-order valence-corrected chi connectivity index (χ0v) is 16.2. The summed E-state index contributed by atoms with van der Waals surface area (Å²) in [6, 6.07) is 9.87. The van der Waals surface area contributed by atoms with E-state index in [0.717, 1.165) is 13.1 Å². The predicted molar refractivity (Wildman–Crippen MR) is 99.6 cm³/mol. The molecule has 1 aliphatic heterocycles.